The number of nitrogens with one attached hydrogen (secondary N) is 2. The maximum Gasteiger partial charge on any atom is 0.220 e. The smallest absolute Gasteiger partial charge is 0.220 e. The van der Waals surface area contributed by atoms with Gasteiger partial charge in [0.1, 0.15) is 12.7 Å². The standard InChI is InChI=1S/C19H27N5O.ClH/c1-14(17-4-3-9-20-11-17)10-19(25)23-15(2)16-5-7-18(8-6-16)24-13-21-12-22-24;/h5-8,12-15,17,20H,3-4,9-11H2,1-2H3,(H,23,25);1H. The Morgan fingerprint density at radius 2 is 2.12 bits per heavy atom. The predicted octanol–water partition coefficient (Wildman–Crippen LogP) is 2.89. The topological polar surface area (TPSA) is 71.8 Å². The number of carbonyl (C=O) groups is 1. The van der Waals surface area contributed by atoms with Crippen molar-refractivity contribution in [1.82, 2.24) is 25.4 Å². The molecule has 2 N–H and O–H groups in total. The molecule has 3 unspecified atom stereocenters. The summed E-state index contributed by atoms with van der Waals surface area (Å²) in [6.45, 7) is 6.36. The average Bonchev–Trinajstić information content (AvgIpc) is 3.17. The Labute approximate surface area is 161 Å². The average molecular weight is 378 g/mol. The third-order valence-corrected chi connectivity index (χ3v) is 5.10. The highest BCUT2D eigenvalue weighted by Crippen LogP contribution is 2.23. The Bertz CT molecular complexity index is 668. The molecule has 26 heavy (non-hydrogen) atoms. The van der Waals surface area contributed by atoms with E-state index < -0.39 is 0 Å². The second-order valence-corrected chi connectivity index (χ2v) is 7.01. The van der Waals surface area contributed by atoms with Gasteiger partial charge in [0.05, 0.1) is 11.7 Å². The van der Waals surface area contributed by atoms with Crippen LogP contribution in [0.1, 0.15) is 44.7 Å². The second kappa shape index (κ2) is 9.69. The molecule has 1 aromatic heterocycles. The lowest BCUT2D eigenvalue weighted by molar-refractivity contribution is -0.123. The maximum atomic E-state index is 12.4. The highest BCUT2D eigenvalue weighted by atomic mass is 35.5. The van der Waals surface area contributed by atoms with E-state index in [1.807, 2.05) is 31.2 Å². The van der Waals surface area contributed by atoms with Gasteiger partial charge in [0, 0.05) is 6.42 Å². The summed E-state index contributed by atoms with van der Waals surface area (Å²) in [6.07, 6.45) is 6.21. The summed E-state index contributed by atoms with van der Waals surface area (Å²) >= 11 is 0. The zero-order chi connectivity index (χ0) is 17.6. The first kappa shape index (κ1) is 20.4. The van der Waals surface area contributed by atoms with Crippen LogP contribution < -0.4 is 10.6 Å². The van der Waals surface area contributed by atoms with E-state index in [0.29, 0.717) is 18.3 Å². The molecule has 2 aromatic rings. The third kappa shape index (κ3) is 5.29. The zero-order valence-electron chi connectivity index (χ0n) is 15.4. The first-order valence-corrected chi connectivity index (χ1v) is 9.08. The number of amides is 1. The number of halogens is 1. The van der Waals surface area contributed by atoms with Crippen LogP contribution in [-0.2, 0) is 4.79 Å². The SMILES string of the molecule is CC(NC(=O)CC(C)C1CCCNC1)c1ccc(-n2cncn2)cc1.Cl. The molecule has 6 nitrogen and oxygen atoms in total. The number of rotatable bonds is 6. The van der Waals surface area contributed by atoms with Crippen molar-refractivity contribution in [2.24, 2.45) is 11.8 Å². The molecule has 1 aromatic carbocycles. The second-order valence-electron chi connectivity index (χ2n) is 7.01. The molecule has 7 heteroatoms. The number of benzene rings is 1. The number of aromatic nitrogens is 3. The molecule has 142 valence electrons. The molecular weight excluding hydrogens is 350 g/mol. The summed E-state index contributed by atoms with van der Waals surface area (Å²) in [5, 5.41) is 10.7. The molecule has 0 radical (unpaired) electrons. The molecule has 2 heterocycles. The molecule has 1 saturated heterocycles. The molecule has 0 saturated carbocycles. The largest absolute Gasteiger partial charge is 0.350 e. The number of hydrogen-bond donors (Lipinski definition) is 2. The van der Waals surface area contributed by atoms with Gasteiger partial charge in [-0.1, -0.05) is 19.1 Å². The molecule has 1 aliphatic heterocycles. The minimum Gasteiger partial charge on any atom is -0.350 e. The van der Waals surface area contributed by atoms with Crippen LogP contribution in [-0.4, -0.2) is 33.8 Å². The summed E-state index contributed by atoms with van der Waals surface area (Å²) in [4.78, 5) is 16.3. The van der Waals surface area contributed by atoms with Crippen LogP contribution in [0.25, 0.3) is 5.69 Å². The van der Waals surface area contributed by atoms with Gasteiger partial charge >= 0.3 is 0 Å². The molecular formula is C19H28ClN5O. The van der Waals surface area contributed by atoms with E-state index in [4.69, 9.17) is 0 Å². The normalized spacial score (nSPS) is 19.2. The predicted molar refractivity (Wildman–Crippen MR) is 105 cm³/mol. The van der Waals surface area contributed by atoms with E-state index in [9.17, 15) is 4.79 Å². The Morgan fingerprint density at radius 1 is 1.35 bits per heavy atom. The van der Waals surface area contributed by atoms with Crippen LogP contribution in [0.3, 0.4) is 0 Å². The molecule has 0 bridgehead atoms. The van der Waals surface area contributed by atoms with Crippen molar-refractivity contribution >= 4 is 18.3 Å². The van der Waals surface area contributed by atoms with Gasteiger partial charge in [0.25, 0.3) is 0 Å². The molecule has 3 rings (SSSR count). The fraction of sp³-hybridized carbons (Fsp3) is 0.526. The van der Waals surface area contributed by atoms with Crippen molar-refractivity contribution < 1.29 is 4.79 Å². The van der Waals surface area contributed by atoms with Crippen LogP contribution in [0.15, 0.2) is 36.9 Å². The van der Waals surface area contributed by atoms with E-state index in [2.05, 4.69) is 27.6 Å². The summed E-state index contributed by atoms with van der Waals surface area (Å²) in [7, 11) is 0. The molecule has 0 aliphatic carbocycles. The molecule has 1 fully saturated rings. The number of piperidine rings is 1. The van der Waals surface area contributed by atoms with Crippen LogP contribution in [0.2, 0.25) is 0 Å². The lowest BCUT2D eigenvalue weighted by atomic mass is 9.85. The Kier molecular flexibility index (Phi) is 7.60. The van der Waals surface area contributed by atoms with Gasteiger partial charge in [-0.3, -0.25) is 4.79 Å². The van der Waals surface area contributed by atoms with E-state index in [-0.39, 0.29) is 24.4 Å². The lowest BCUT2D eigenvalue weighted by Gasteiger charge is -2.28. The van der Waals surface area contributed by atoms with Crippen LogP contribution in [0, 0.1) is 11.8 Å². The first-order chi connectivity index (χ1) is 12.1. The van der Waals surface area contributed by atoms with Crippen LogP contribution >= 0.6 is 12.4 Å². The van der Waals surface area contributed by atoms with Gasteiger partial charge < -0.3 is 10.6 Å². The highest BCUT2D eigenvalue weighted by Gasteiger charge is 2.22. The summed E-state index contributed by atoms with van der Waals surface area (Å²) in [6, 6.07) is 8.02. The van der Waals surface area contributed by atoms with Gasteiger partial charge in [-0.25, -0.2) is 9.67 Å². The highest BCUT2D eigenvalue weighted by molar-refractivity contribution is 5.85. The number of nitrogens with zero attached hydrogens (tertiary/aromatic N) is 3. The van der Waals surface area contributed by atoms with Crippen LogP contribution in [0.5, 0.6) is 0 Å². The summed E-state index contributed by atoms with van der Waals surface area (Å²) in [5.41, 5.74) is 2.04. The van der Waals surface area contributed by atoms with Crippen molar-refractivity contribution in [3.63, 3.8) is 0 Å². The first-order valence-electron chi connectivity index (χ1n) is 9.08. The molecule has 1 amide bonds. The van der Waals surface area contributed by atoms with E-state index in [1.165, 1.54) is 19.2 Å². The quantitative estimate of drug-likeness (QED) is 0.811. The van der Waals surface area contributed by atoms with E-state index in [0.717, 1.165) is 24.3 Å². The van der Waals surface area contributed by atoms with E-state index >= 15 is 0 Å². The van der Waals surface area contributed by atoms with Gasteiger partial charge in [0.2, 0.25) is 5.91 Å². The summed E-state index contributed by atoms with van der Waals surface area (Å²) < 4.78 is 1.72. The van der Waals surface area contributed by atoms with E-state index in [1.54, 1.807) is 11.0 Å². The molecule has 0 spiro atoms. The van der Waals surface area contributed by atoms with Crippen molar-refractivity contribution in [3.05, 3.63) is 42.5 Å². The fourth-order valence-electron chi connectivity index (χ4n) is 3.46. The Morgan fingerprint density at radius 3 is 2.73 bits per heavy atom. The zero-order valence-corrected chi connectivity index (χ0v) is 16.2. The third-order valence-electron chi connectivity index (χ3n) is 5.10. The monoisotopic (exact) mass is 377 g/mol. The van der Waals surface area contributed by atoms with Crippen LogP contribution in [0.4, 0.5) is 0 Å². The Hall–Kier alpha value is -1.92. The lowest BCUT2D eigenvalue weighted by Crippen LogP contribution is -2.36. The van der Waals surface area contributed by atoms with Gasteiger partial charge in [-0.05, 0) is 62.4 Å². The molecule has 3 atom stereocenters. The van der Waals surface area contributed by atoms with Crippen molar-refractivity contribution in [3.8, 4) is 5.69 Å². The Balaban J connectivity index is 0.00000243. The van der Waals surface area contributed by atoms with Crippen molar-refractivity contribution in [1.29, 1.82) is 0 Å². The fourth-order valence-corrected chi connectivity index (χ4v) is 3.46. The summed E-state index contributed by atoms with van der Waals surface area (Å²) in [5.74, 6) is 1.15. The van der Waals surface area contributed by atoms with Crippen molar-refractivity contribution in [2.75, 3.05) is 13.1 Å². The van der Waals surface area contributed by atoms with Gasteiger partial charge in [-0.2, -0.15) is 5.10 Å². The molecule has 1 aliphatic rings. The van der Waals surface area contributed by atoms with Crippen molar-refractivity contribution in [2.45, 2.75) is 39.2 Å². The maximum absolute atomic E-state index is 12.4. The minimum atomic E-state index is -0.00558. The number of carbonyl (C=O) groups excluding carboxylic acids is 1. The van der Waals surface area contributed by atoms with Gasteiger partial charge in [-0.15, -0.1) is 12.4 Å². The van der Waals surface area contributed by atoms with Gasteiger partial charge in [0.15, 0.2) is 0 Å². The minimum absolute atomic E-state index is 0. The number of hydrogen-bond acceptors (Lipinski definition) is 4.